The molecule has 3 aromatic rings. The molecule has 1 amide bonds. The molecule has 21 heavy (non-hydrogen) atoms. The van der Waals surface area contributed by atoms with E-state index in [9.17, 15) is 4.79 Å². The Balaban J connectivity index is 1.85. The second-order valence-electron chi connectivity index (χ2n) is 4.06. The Morgan fingerprint density at radius 2 is 2.05 bits per heavy atom. The summed E-state index contributed by atoms with van der Waals surface area (Å²) in [5.74, 6) is -0.285. The van der Waals surface area contributed by atoms with Crippen LogP contribution in [0.25, 0.3) is 10.7 Å². The summed E-state index contributed by atoms with van der Waals surface area (Å²) < 4.78 is 0. The first-order valence-electron chi connectivity index (χ1n) is 6.04. The van der Waals surface area contributed by atoms with Crippen molar-refractivity contribution in [2.24, 2.45) is 0 Å². The maximum absolute atomic E-state index is 12.2. The van der Waals surface area contributed by atoms with Crippen LogP contribution in [0, 0.1) is 0 Å². The van der Waals surface area contributed by atoms with E-state index in [4.69, 9.17) is 0 Å². The van der Waals surface area contributed by atoms with E-state index in [-0.39, 0.29) is 11.6 Å². The average molecular weight is 298 g/mol. The first-order valence-corrected chi connectivity index (χ1v) is 6.86. The predicted octanol–water partition coefficient (Wildman–Crippen LogP) is 1.67. The Labute approximate surface area is 124 Å². The molecule has 0 N–H and O–H groups in total. The van der Waals surface area contributed by atoms with Crippen molar-refractivity contribution in [3.63, 3.8) is 0 Å². The van der Waals surface area contributed by atoms with Crippen molar-refractivity contribution in [2.45, 2.75) is 0 Å². The molecule has 0 radical (unpaired) electrons. The zero-order chi connectivity index (χ0) is 14.7. The van der Waals surface area contributed by atoms with Gasteiger partial charge in [0, 0.05) is 25.6 Å². The number of amides is 1. The molecule has 3 heterocycles. The third kappa shape index (κ3) is 2.75. The van der Waals surface area contributed by atoms with Crippen LogP contribution in [0.3, 0.4) is 0 Å². The Kier molecular flexibility index (Phi) is 3.61. The number of aromatic nitrogens is 5. The van der Waals surface area contributed by atoms with E-state index in [1.165, 1.54) is 34.8 Å². The van der Waals surface area contributed by atoms with Gasteiger partial charge in [0.15, 0.2) is 5.01 Å². The average Bonchev–Trinajstić information content (AvgIpc) is 3.05. The Hall–Kier alpha value is -2.74. The van der Waals surface area contributed by atoms with Crippen LogP contribution in [-0.4, -0.2) is 38.1 Å². The van der Waals surface area contributed by atoms with E-state index in [1.54, 1.807) is 13.2 Å². The van der Waals surface area contributed by atoms with Gasteiger partial charge in [-0.3, -0.25) is 19.7 Å². The molecule has 8 heteroatoms. The fourth-order valence-electron chi connectivity index (χ4n) is 1.61. The quantitative estimate of drug-likeness (QED) is 0.731. The highest BCUT2D eigenvalue weighted by atomic mass is 32.1. The van der Waals surface area contributed by atoms with E-state index in [0.29, 0.717) is 10.1 Å². The van der Waals surface area contributed by atoms with Crippen molar-refractivity contribution in [3.8, 4) is 10.7 Å². The van der Waals surface area contributed by atoms with E-state index in [1.807, 2.05) is 18.2 Å². The molecule has 0 unspecified atom stereocenters. The predicted molar refractivity (Wildman–Crippen MR) is 77.9 cm³/mol. The van der Waals surface area contributed by atoms with Crippen LogP contribution in [0.2, 0.25) is 0 Å². The minimum Gasteiger partial charge on any atom is -0.284 e. The molecule has 0 aliphatic heterocycles. The number of pyridine rings is 1. The number of carbonyl (C=O) groups is 1. The molecule has 0 aliphatic carbocycles. The number of rotatable bonds is 3. The lowest BCUT2D eigenvalue weighted by Crippen LogP contribution is -2.27. The van der Waals surface area contributed by atoms with Gasteiger partial charge >= 0.3 is 0 Å². The molecule has 7 nitrogen and oxygen atoms in total. The van der Waals surface area contributed by atoms with Gasteiger partial charge in [-0.25, -0.2) is 4.98 Å². The third-order valence-electron chi connectivity index (χ3n) is 2.67. The van der Waals surface area contributed by atoms with Gasteiger partial charge in [-0.05, 0) is 12.1 Å². The topological polar surface area (TPSA) is 84.8 Å². The Bertz CT molecular complexity index is 746. The first-order chi connectivity index (χ1) is 10.3. The van der Waals surface area contributed by atoms with Crippen molar-refractivity contribution in [1.82, 2.24) is 25.1 Å². The van der Waals surface area contributed by atoms with Crippen LogP contribution >= 0.6 is 11.3 Å². The molecule has 0 saturated heterocycles. The highest BCUT2D eigenvalue weighted by Gasteiger charge is 2.19. The molecule has 0 fully saturated rings. The lowest BCUT2D eigenvalue weighted by Gasteiger charge is -2.11. The third-order valence-corrected chi connectivity index (χ3v) is 3.69. The summed E-state index contributed by atoms with van der Waals surface area (Å²) in [6.07, 6.45) is 6.09. The number of hydrogen-bond donors (Lipinski definition) is 0. The number of hydrogen-bond acceptors (Lipinski definition) is 7. The fourth-order valence-corrected chi connectivity index (χ4v) is 2.39. The lowest BCUT2D eigenvalue weighted by molar-refractivity contribution is 0.0987. The lowest BCUT2D eigenvalue weighted by atomic mass is 10.4. The van der Waals surface area contributed by atoms with E-state index in [0.717, 1.165) is 5.69 Å². The van der Waals surface area contributed by atoms with E-state index < -0.39 is 0 Å². The van der Waals surface area contributed by atoms with Crippen LogP contribution in [0.15, 0.2) is 43.0 Å². The highest BCUT2D eigenvalue weighted by molar-refractivity contribution is 7.18. The zero-order valence-corrected chi connectivity index (χ0v) is 11.9. The molecule has 104 valence electrons. The Morgan fingerprint density at radius 3 is 2.76 bits per heavy atom. The van der Waals surface area contributed by atoms with Gasteiger partial charge in [0.2, 0.25) is 5.13 Å². The van der Waals surface area contributed by atoms with Gasteiger partial charge in [-0.1, -0.05) is 17.4 Å². The molecule has 0 aliphatic rings. The normalized spacial score (nSPS) is 10.3. The number of carbonyl (C=O) groups excluding carboxylic acids is 1. The summed E-state index contributed by atoms with van der Waals surface area (Å²) in [4.78, 5) is 25.7. The second-order valence-corrected chi connectivity index (χ2v) is 5.02. The molecule has 0 bridgehead atoms. The minimum absolute atomic E-state index is 0.259. The van der Waals surface area contributed by atoms with Crippen molar-refractivity contribution < 1.29 is 4.79 Å². The molecule has 0 saturated carbocycles. The molecular formula is C13H10N6OS. The maximum Gasteiger partial charge on any atom is 0.280 e. The zero-order valence-electron chi connectivity index (χ0n) is 11.0. The maximum atomic E-state index is 12.2. The number of nitrogens with zero attached hydrogens (tertiary/aromatic N) is 6. The largest absolute Gasteiger partial charge is 0.284 e. The van der Waals surface area contributed by atoms with Crippen molar-refractivity contribution in [2.75, 3.05) is 11.9 Å². The molecule has 0 aromatic carbocycles. The van der Waals surface area contributed by atoms with Crippen molar-refractivity contribution >= 4 is 22.4 Å². The molecular weight excluding hydrogens is 288 g/mol. The standard InChI is InChI=1S/C13H10N6OS/c1-19(12(20)10-8-14-6-7-16-10)13-18-17-11(21-13)9-4-2-3-5-15-9/h2-8H,1H3. The van der Waals surface area contributed by atoms with Crippen LogP contribution in [0.4, 0.5) is 5.13 Å². The monoisotopic (exact) mass is 298 g/mol. The SMILES string of the molecule is CN(C(=O)c1cnccn1)c1nnc(-c2ccccn2)s1. The minimum atomic E-state index is -0.285. The fraction of sp³-hybridized carbons (Fsp3) is 0.0769. The summed E-state index contributed by atoms with van der Waals surface area (Å²) in [5, 5.41) is 9.22. The van der Waals surface area contributed by atoms with Crippen LogP contribution < -0.4 is 4.90 Å². The summed E-state index contributed by atoms with van der Waals surface area (Å²) in [6.45, 7) is 0. The number of anilines is 1. The summed E-state index contributed by atoms with van der Waals surface area (Å²) >= 11 is 1.29. The van der Waals surface area contributed by atoms with Gasteiger partial charge in [-0.2, -0.15) is 0 Å². The van der Waals surface area contributed by atoms with Gasteiger partial charge in [0.1, 0.15) is 11.4 Å². The van der Waals surface area contributed by atoms with Gasteiger partial charge < -0.3 is 0 Å². The highest BCUT2D eigenvalue weighted by Crippen LogP contribution is 2.27. The van der Waals surface area contributed by atoms with Gasteiger partial charge in [0.05, 0.1) is 6.20 Å². The van der Waals surface area contributed by atoms with Crippen molar-refractivity contribution in [1.29, 1.82) is 0 Å². The summed E-state index contributed by atoms with van der Waals surface area (Å²) in [6, 6.07) is 5.54. The Morgan fingerprint density at radius 1 is 1.14 bits per heavy atom. The van der Waals surface area contributed by atoms with E-state index in [2.05, 4.69) is 25.1 Å². The smallest absolute Gasteiger partial charge is 0.280 e. The van der Waals surface area contributed by atoms with Gasteiger partial charge in [-0.15, -0.1) is 10.2 Å². The summed E-state index contributed by atoms with van der Waals surface area (Å²) in [7, 11) is 1.62. The summed E-state index contributed by atoms with van der Waals surface area (Å²) in [5.41, 5.74) is 0.983. The molecule has 0 atom stereocenters. The second kappa shape index (κ2) is 5.71. The molecule has 3 rings (SSSR count). The van der Waals surface area contributed by atoms with Gasteiger partial charge in [0.25, 0.3) is 5.91 Å². The molecule has 0 spiro atoms. The van der Waals surface area contributed by atoms with Crippen LogP contribution in [0.5, 0.6) is 0 Å². The first kappa shape index (κ1) is 13.3. The van der Waals surface area contributed by atoms with E-state index >= 15 is 0 Å². The van der Waals surface area contributed by atoms with Crippen molar-refractivity contribution in [3.05, 3.63) is 48.7 Å². The van der Waals surface area contributed by atoms with Crippen LogP contribution in [-0.2, 0) is 0 Å². The van der Waals surface area contributed by atoms with Crippen LogP contribution in [0.1, 0.15) is 10.5 Å². The molecule has 3 aromatic heterocycles.